The lowest BCUT2D eigenvalue weighted by Gasteiger charge is -2.08. The molecule has 0 bridgehead atoms. The SMILES string of the molecule is CCOc1ccc(OCCOC(=O)c2c(C)oc(-n3cccc3)c2C#N)cc1. The third-order valence-corrected chi connectivity index (χ3v) is 3.94. The number of rotatable bonds is 8. The fourth-order valence-corrected chi connectivity index (χ4v) is 2.70. The standard InChI is InChI=1S/C21H20N2O5/c1-3-25-16-6-8-17(9-7-16)26-12-13-27-21(24)19-15(2)28-20(18(19)14-22)23-10-4-5-11-23/h4-11H,3,12-13H2,1-2H3. The molecule has 0 aliphatic carbocycles. The largest absolute Gasteiger partial charge is 0.494 e. The van der Waals surface area contributed by atoms with Crippen molar-refractivity contribution in [3.8, 4) is 23.5 Å². The molecule has 0 aliphatic rings. The number of hydrogen-bond acceptors (Lipinski definition) is 6. The van der Waals surface area contributed by atoms with Gasteiger partial charge in [-0.15, -0.1) is 0 Å². The molecule has 2 heterocycles. The Bertz CT molecular complexity index is 966. The van der Waals surface area contributed by atoms with Gasteiger partial charge < -0.3 is 18.6 Å². The Balaban J connectivity index is 1.59. The first-order valence-electron chi connectivity index (χ1n) is 8.83. The fraction of sp³-hybridized carbons (Fsp3) is 0.238. The number of ether oxygens (including phenoxy) is 3. The van der Waals surface area contributed by atoms with Crippen molar-refractivity contribution in [2.45, 2.75) is 13.8 Å². The number of aryl methyl sites for hydroxylation is 1. The quantitative estimate of drug-likeness (QED) is 0.435. The number of carbonyl (C=O) groups is 1. The Morgan fingerprint density at radius 2 is 1.75 bits per heavy atom. The number of benzene rings is 1. The van der Waals surface area contributed by atoms with Gasteiger partial charge in [-0.2, -0.15) is 5.26 Å². The van der Waals surface area contributed by atoms with Crippen molar-refractivity contribution in [2.24, 2.45) is 0 Å². The molecule has 0 fully saturated rings. The molecule has 28 heavy (non-hydrogen) atoms. The molecule has 2 aromatic heterocycles. The smallest absolute Gasteiger partial charge is 0.343 e. The van der Waals surface area contributed by atoms with Crippen LogP contribution in [0.25, 0.3) is 5.88 Å². The topological polar surface area (TPSA) is 86.6 Å². The lowest BCUT2D eigenvalue weighted by Crippen LogP contribution is -2.13. The number of nitrogens with zero attached hydrogens (tertiary/aromatic N) is 2. The second-order valence-corrected chi connectivity index (χ2v) is 5.80. The first kappa shape index (κ1) is 19.1. The molecule has 0 atom stereocenters. The van der Waals surface area contributed by atoms with E-state index in [4.69, 9.17) is 18.6 Å². The summed E-state index contributed by atoms with van der Waals surface area (Å²) in [4.78, 5) is 12.4. The number of hydrogen-bond donors (Lipinski definition) is 0. The highest BCUT2D eigenvalue weighted by Gasteiger charge is 2.25. The third kappa shape index (κ3) is 4.18. The Morgan fingerprint density at radius 1 is 1.11 bits per heavy atom. The Labute approximate surface area is 162 Å². The summed E-state index contributed by atoms with van der Waals surface area (Å²) in [6.45, 7) is 4.37. The highest BCUT2D eigenvalue weighted by molar-refractivity contribution is 5.94. The van der Waals surface area contributed by atoms with E-state index >= 15 is 0 Å². The summed E-state index contributed by atoms with van der Waals surface area (Å²) in [5, 5.41) is 9.48. The van der Waals surface area contributed by atoms with Crippen LogP contribution in [0.1, 0.15) is 28.6 Å². The van der Waals surface area contributed by atoms with Crippen molar-refractivity contribution in [2.75, 3.05) is 19.8 Å². The van der Waals surface area contributed by atoms with Gasteiger partial charge in [0.2, 0.25) is 5.88 Å². The monoisotopic (exact) mass is 380 g/mol. The summed E-state index contributed by atoms with van der Waals surface area (Å²) < 4.78 is 23.4. The summed E-state index contributed by atoms with van der Waals surface area (Å²) in [5.41, 5.74) is 0.276. The molecule has 3 aromatic rings. The van der Waals surface area contributed by atoms with Crippen LogP contribution in [0, 0.1) is 18.3 Å². The van der Waals surface area contributed by atoms with E-state index in [-0.39, 0.29) is 24.3 Å². The molecule has 0 saturated heterocycles. The van der Waals surface area contributed by atoms with Gasteiger partial charge in [0.1, 0.15) is 47.7 Å². The zero-order chi connectivity index (χ0) is 19.9. The summed E-state index contributed by atoms with van der Waals surface area (Å²) in [6.07, 6.45) is 3.47. The molecule has 0 saturated carbocycles. The van der Waals surface area contributed by atoms with Crippen LogP contribution in [-0.4, -0.2) is 30.4 Å². The van der Waals surface area contributed by atoms with Crippen molar-refractivity contribution in [3.05, 3.63) is 65.7 Å². The predicted molar refractivity (Wildman–Crippen MR) is 101 cm³/mol. The van der Waals surface area contributed by atoms with E-state index in [0.29, 0.717) is 24.0 Å². The van der Waals surface area contributed by atoms with Gasteiger partial charge in [-0.1, -0.05) is 0 Å². The van der Waals surface area contributed by atoms with Crippen molar-refractivity contribution in [1.29, 1.82) is 5.26 Å². The molecule has 3 rings (SSSR count). The van der Waals surface area contributed by atoms with E-state index in [1.807, 2.05) is 25.1 Å². The van der Waals surface area contributed by atoms with Gasteiger partial charge in [-0.25, -0.2) is 4.79 Å². The Morgan fingerprint density at radius 3 is 2.36 bits per heavy atom. The van der Waals surface area contributed by atoms with Crippen LogP contribution in [0.5, 0.6) is 11.5 Å². The van der Waals surface area contributed by atoms with E-state index in [0.717, 1.165) is 5.75 Å². The van der Waals surface area contributed by atoms with Crippen LogP contribution in [0.15, 0.2) is 53.2 Å². The molecule has 0 radical (unpaired) electrons. The number of furan rings is 1. The summed E-state index contributed by atoms with van der Waals surface area (Å²) in [5.74, 6) is 1.41. The minimum atomic E-state index is -0.619. The lowest BCUT2D eigenvalue weighted by molar-refractivity contribution is 0.0448. The van der Waals surface area contributed by atoms with Crippen molar-refractivity contribution in [3.63, 3.8) is 0 Å². The minimum Gasteiger partial charge on any atom is -0.494 e. The minimum absolute atomic E-state index is 0.0421. The van der Waals surface area contributed by atoms with Crippen LogP contribution in [-0.2, 0) is 4.74 Å². The van der Waals surface area contributed by atoms with Gasteiger partial charge in [0.15, 0.2) is 0 Å². The fourth-order valence-electron chi connectivity index (χ4n) is 2.70. The van der Waals surface area contributed by atoms with Crippen LogP contribution < -0.4 is 9.47 Å². The van der Waals surface area contributed by atoms with E-state index in [1.165, 1.54) is 0 Å². The number of carbonyl (C=O) groups excluding carboxylic acids is 1. The highest BCUT2D eigenvalue weighted by Crippen LogP contribution is 2.26. The van der Waals surface area contributed by atoms with Crippen LogP contribution >= 0.6 is 0 Å². The highest BCUT2D eigenvalue weighted by atomic mass is 16.6. The normalized spacial score (nSPS) is 10.3. The van der Waals surface area contributed by atoms with Crippen molar-refractivity contribution >= 4 is 5.97 Å². The van der Waals surface area contributed by atoms with E-state index < -0.39 is 5.97 Å². The first-order valence-corrected chi connectivity index (χ1v) is 8.83. The van der Waals surface area contributed by atoms with E-state index in [9.17, 15) is 10.1 Å². The number of nitriles is 1. The molecule has 0 aliphatic heterocycles. The zero-order valence-electron chi connectivity index (χ0n) is 15.7. The second kappa shape index (κ2) is 8.82. The summed E-state index contributed by atoms with van der Waals surface area (Å²) >= 11 is 0. The van der Waals surface area contributed by atoms with E-state index in [2.05, 4.69) is 0 Å². The molecule has 0 spiro atoms. The van der Waals surface area contributed by atoms with Gasteiger partial charge in [0.05, 0.1) is 6.61 Å². The molecular weight excluding hydrogens is 360 g/mol. The van der Waals surface area contributed by atoms with Crippen LogP contribution in [0.3, 0.4) is 0 Å². The molecule has 0 N–H and O–H groups in total. The van der Waals surface area contributed by atoms with E-state index in [1.54, 1.807) is 48.1 Å². The third-order valence-electron chi connectivity index (χ3n) is 3.94. The number of esters is 1. The molecule has 144 valence electrons. The second-order valence-electron chi connectivity index (χ2n) is 5.80. The van der Waals surface area contributed by atoms with Gasteiger partial charge in [-0.05, 0) is 50.2 Å². The predicted octanol–water partition coefficient (Wildman–Crippen LogP) is 3.88. The maximum absolute atomic E-state index is 12.4. The first-order chi connectivity index (χ1) is 13.6. The molecule has 1 aromatic carbocycles. The van der Waals surface area contributed by atoms with Gasteiger partial charge in [0.25, 0.3) is 0 Å². The van der Waals surface area contributed by atoms with Crippen LogP contribution in [0.2, 0.25) is 0 Å². The maximum atomic E-state index is 12.4. The average molecular weight is 380 g/mol. The van der Waals surface area contributed by atoms with Gasteiger partial charge in [-0.3, -0.25) is 4.57 Å². The molecule has 7 nitrogen and oxygen atoms in total. The Kier molecular flexibility index (Phi) is 6.02. The number of aromatic nitrogens is 1. The Hall–Kier alpha value is -3.66. The average Bonchev–Trinajstić information content (AvgIpc) is 3.34. The summed E-state index contributed by atoms with van der Waals surface area (Å²) in [6, 6.07) is 12.8. The van der Waals surface area contributed by atoms with Crippen molar-refractivity contribution < 1.29 is 23.4 Å². The molecule has 7 heteroatoms. The molecular formula is C21H20N2O5. The molecule has 0 amide bonds. The molecule has 0 unspecified atom stereocenters. The zero-order valence-corrected chi connectivity index (χ0v) is 15.7. The maximum Gasteiger partial charge on any atom is 0.343 e. The van der Waals surface area contributed by atoms with Crippen molar-refractivity contribution in [1.82, 2.24) is 4.57 Å². The lowest BCUT2D eigenvalue weighted by atomic mass is 10.1. The van der Waals surface area contributed by atoms with Crippen LogP contribution in [0.4, 0.5) is 0 Å². The summed E-state index contributed by atoms with van der Waals surface area (Å²) in [7, 11) is 0. The van der Waals surface area contributed by atoms with Gasteiger partial charge >= 0.3 is 5.97 Å². The van der Waals surface area contributed by atoms with Gasteiger partial charge in [0, 0.05) is 12.4 Å².